The van der Waals surface area contributed by atoms with Gasteiger partial charge in [0, 0.05) is 13.1 Å². The molecule has 0 unspecified atom stereocenters. The zero-order valence-corrected chi connectivity index (χ0v) is 17.5. The molecule has 1 saturated carbocycles. The van der Waals surface area contributed by atoms with Crippen LogP contribution in [0.5, 0.6) is 0 Å². The van der Waals surface area contributed by atoms with E-state index in [9.17, 15) is 14.9 Å². The van der Waals surface area contributed by atoms with Crippen molar-refractivity contribution in [2.75, 3.05) is 12.8 Å². The molecule has 1 fully saturated rings. The van der Waals surface area contributed by atoms with E-state index in [0.29, 0.717) is 16.1 Å². The third kappa shape index (κ3) is 4.07. The predicted octanol–water partition coefficient (Wildman–Crippen LogP) is 3.75. The number of nitrogens with zero attached hydrogens (tertiary/aromatic N) is 4. The summed E-state index contributed by atoms with van der Waals surface area (Å²) in [6.07, 6.45) is 5.32. The van der Waals surface area contributed by atoms with Gasteiger partial charge in [-0.15, -0.1) is 0 Å². The number of fused-ring (bicyclic) bond motifs is 1. The van der Waals surface area contributed by atoms with E-state index in [-0.39, 0.29) is 23.3 Å². The van der Waals surface area contributed by atoms with Gasteiger partial charge in [-0.05, 0) is 38.8 Å². The van der Waals surface area contributed by atoms with E-state index in [1.165, 1.54) is 23.1 Å². The monoisotopic (exact) mass is 398 g/mol. The number of aromatic nitrogens is 2. The van der Waals surface area contributed by atoms with Crippen LogP contribution in [0.1, 0.15) is 52.0 Å². The molecule has 1 aromatic carbocycles. The summed E-state index contributed by atoms with van der Waals surface area (Å²) in [4.78, 5) is 32.0. The fourth-order valence-corrected chi connectivity index (χ4v) is 4.48. The van der Waals surface area contributed by atoms with Crippen LogP contribution in [0.2, 0.25) is 0 Å². The Morgan fingerprint density at radius 3 is 2.68 bits per heavy atom. The van der Waals surface area contributed by atoms with E-state index in [1.54, 1.807) is 25.5 Å². The largest absolute Gasteiger partial charge is 0.327 e. The molecular weight excluding hydrogens is 372 g/mol. The Morgan fingerprint density at radius 1 is 1.32 bits per heavy atom. The smallest absolute Gasteiger partial charge is 0.262 e. The van der Waals surface area contributed by atoms with E-state index >= 15 is 0 Å². The van der Waals surface area contributed by atoms with Crippen molar-refractivity contribution in [1.82, 2.24) is 14.5 Å². The average molecular weight is 399 g/mol. The molecule has 0 N–H and O–H groups in total. The molecule has 0 radical (unpaired) electrons. The Bertz CT molecular complexity index is 971. The number of carbonyl (C=O) groups is 1. The summed E-state index contributed by atoms with van der Waals surface area (Å²) in [5, 5.41) is 10.5. The van der Waals surface area contributed by atoms with Crippen LogP contribution in [0.25, 0.3) is 10.9 Å². The van der Waals surface area contributed by atoms with Crippen LogP contribution in [0.4, 0.5) is 0 Å². The van der Waals surface area contributed by atoms with Crippen molar-refractivity contribution in [3.8, 4) is 6.07 Å². The second-order valence-electron chi connectivity index (χ2n) is 7.79. The quantitative estimate of drug-likeness (QED) is 0.566. The molecule has 28 heavy (non-hydrogen) atoms. The highest BCUT2D eigenvalue weighted by molar-refractivity contribution is 7.99. The Balaban J connectivity index is 1.94. The zero-order valence-electron chi connectivity index (χ0n) is 16.6. The Hall–Kier alpha value is -2.33. The summed E-state index contributed by atoms with van der Waals surface area (Å²) in [6.45, 7) is 3.42. The highest BCUT2D eigenvalue weighted by Gasteiger charge is 2.28. The maximum Gasteiger partial charge on any atom is 0.262 e. The highest BCUT2D eigenvalue weighted by atomic mass is 32.2. The Morgan fingerprint density at radius 2 is 2.00 bits per heavy atom. The number of hydrogen-bond acceptors (Lipinski definition) is 5. The van der Waals surface area contributed by atoms with E-state index in [1.807, 2.05) is 24.3 Å². The predicted molar refractivity (Wildman–Crippen MR) is 111 cm³/mol. The molecule has 0 bridgehead atoms. The van der Waals surface area contributed by atoms with Crippen molar-refractivity contribution >= 4 is 28.6 Å². The third-order valence-electron chi connectivity index (χ3n) is 5.53. The SMILES string of the molecule is CN(C(=O)CSc1nc2ccccc2c(=O)n1C1CCCCC1)C(C)(C)C#N. The van der Waals surface area contributed by atoms with E-state index in [2.05, 4.69) is 6.07 Å². The normalized spacial score (nSPS) is 15.4. The van der Waals surface area contributed by atoms with Gasteiger partial charge >= 0.3 is 0 Å². The van der Waals surface area contributed by atoms with E-state index in [4.69, 9.17) is 4.98 Å². The summed E-state index contributed by atoms with van der Waals surface area (Å²) in [7, 11) is 1.63. The Kier molecular flexibility index (Phi) is 6.09. The second-order valence-corrected chi connectivity index (χ2v) is 8.73. The van der Waals surface area contributed by atoms with Gasteiger partial charge in [0.05, 0.1) is 22.7 Å². The first kappa shape index (κ1) is 20.4. The number of benzene rings is 1. The molecule has 0 spiro atoms. The number of nitriles is 1. The molecule has 1 aromatic heterocycles. The van der Waals surface area contributed by atoms with Crippen molar-refractivity contribution in [3.05, 3.63) is 34.6 Å². The minimum absolute atomic E-state index is 0.0295. The number of thioether (sulfide) groups is 1. The summed E-state index contributed by atoms with van der Waals surface area (Å²) < 4.78 is 1.80. The standard InChI is InChI=1S/C21H26N4O2S/c1-21(2,14-22)24(3)18(26)13-28-20-23-17-12-8-7-11-16(17)19(27)25(20)15-9-5-4-6-10-15/h7-8,11-12,15H,4-6,9-10,13H2,1-3H3. The fraction of sp³-hybridized carbons (Fsp3) is 0.524. The topological polar surface area (TPSA) is 79.0 Å². The van der Waals surface area contributed by atoms with Crippen LogP contribution >= 0.6 is 11.8 Å². The number of amides is 1. The minimum Gasteiger partial charge on any atom is -0.327 e. The lowest BCUT2D eigenvalue weighted by Gasteiger charge is -2.29. The lowest BCUT2D eigenvalue weighted by atomic mass is 9.95. The van der Waals surface area contributed by atoms with Gasteiger partial charge < -0.3 is 4.90 Å². The maximum atomic E-state index is 13.2. The lowest BCUT2D eigenvalue weighted by Crippen LogP contribution is -2.44. The van der Waals surface area contributed by atoms with Crippen LogP contribution in [0.15, 0.2) is 34.2 Å². The van der Waals surface area contributed by atoms with E-state index in [0.717, 1.165) is 25.7 Å². The highest BCUT2D eigenvalue weighted by Crippen LogP contribution is 2.31. The van der Waals surface area contributed by atoms with Crippen LogP contribution in [-0.2, 0) is 4.79 Å². The molecule has 0 aliphatic heterocycles. The molecule has 1 heterocycles. The molecule has 1 amide bonds. The summed E-state index contributed by atoms with van der Waals surface area (Å²) in [5.41, 5.74) is -0.254. The number of rotatable bonds is 5. The molecule has 3 rings (SSSR count). The van der Waals surface area contributed by atoms with Gasteiger partial charge in [-0.3, -0.25) is 14.2 Å². The second kappa shape index (κ2) is 8.36. The zero-order chi connectivity index (χ0) is 20.3. The lowest BCUT2D eigenvalue weighted by molar-refractivity contribution is -0.130. The first-order valence-corrected chi connectivity index (χ1v) is 10.7. The van der Waals surface area contributed by atoms with Gasteiger partial charge in [0.15, 0.2) is 5.16 Å². The first-order valence-electron chi connectivity index (χ1n) is 9.67. The van der Waals surface area contributed by atoms with E-state index < -0.39 is 5.54 Å². The summed E-state index contributed by atoms with van der Waals surface area (Å²) in [6, 6.07) is 9.63. The van der Waals surface area contributed by atoms with Gasteiger partial charge in [0.1, 0.15) is 5.54 Å². The van der Waals surface area contributed by atoms with Crippen LogP contribution in [0, 0.1) is 11.3 Å². The molecule has 0 atom stereocenters. The molecule has 0 saturated heterocycles. The number of carbonyl (C=O) groups excluding carboxylic acids is 1. The van der Waals surface area contributed by atoms with Crippen LogP contribution in [-0.4, -0.2) is 38.7 Å². The summed E-state index contributed by atoms with van der Waals surface area (Å²) >= 11 is 1.28. The molecule has 2 aromatic rings. The van der Waals surface area contributed by atoms with Crippen molar-refractivity contribution in [2.24, 2.45) is 0 Å². The molecule has 7 heteroatoms. The van der Waals surface area contributed by atoms with Gasteiger partial charge in [-0.2, -0.15) is 5.26 Å². The third-order valence-corrected chi connectivity index (χ3v) is 6.46. The molecule has 6 nitrogen and oxygen atoms in total. The Labute approximate surface area is 169 Å². The molecule has 1 aliphatic carbocycles. The average Bonchev–Trinajstić information content (AvgIpc) is 2.72. The van der Waals surface area contributed by atoms with Gasteiger partial charge in [0.25, 0.3) is 5.56 Å². The molecule has 1 aliphatic rings. The molecular formula is C21H26N4O2S. The van der Waals surface area contributed by atoms with Crippen molar-refractivity contribution in [3.63, 3.8) is 0 Å². The molecule has 148 valence electrons. The van der Waals surface area contributed by atoms with Crippen molar-refractivity contribution in [2.45, 2.75) is 62.7 Å². The maximum absolute atomic E-state index is 13.2. The minimum atomic E-state index is -0.877. The van der Waals surface area contributed by atoms with Gasteiger partial charge in [0.2, 0.25) is 5.91 Å². The van der Waals surface area contributed by atoms with Crippen molar-refractivity contribution in [1.29, 1.82) is 5.26 Å². The summed E-state index contributed by atoms with van der Waals surface area (Å²) in [5.74, 6) is -0.0202. The van der Waals surface area contributed by atoms with Crippen LogP contribution in [0.3, 0.4) is 0 Å². The first-order chi connectivity index (χ1) is 13.3. The van der Waals surface area contributed by atoms with Gasteiger partial charge in [-0.25, -0.2) is 4.98 Å². The van der Waals surface area contributed by atoms with Crippen LogP contribution < -0.4 is 5.56 Å². The van der Waals surface area contributed by atoms with Crippen molar-refractivity contribution < 1.29 is 4.79 Å². The fourth-order valence-electron chi connectivity index (χ4n) is 3.50. The van der Waals surface area contributed by atoms with Gasteiger partial charge in [-0.1, -0.05) is 43.2 Å². The number of para-hydroxylation sites is 1. The number of hydrogen-bond donors (Lipinski definition) is 0.